The molecule has 4 rings (SSSR count). The number of fused-ring (bicyclic) bond motifs is 1. The van der Waals surface area contributed by atoms with Gasteiger partial charge in [-0.15, -0.1) is 0 Å². The van der Waals surface area contributed by atoms with Gasteiger partial charge in [-0.1, -0.05) is 6.07 Å². The predicted octanol–water partition coefficient (Wildman–Crippen LogP) is 3.98. The van der Waals surface area contributed by atoms with E-state index in [0.717, 1.165) is 22.3 Å². The molecule has 5 nitrogen and oxygen atoms in total. The number of imidazole rings is 1. The molecule has 0 N–H and O–H groups in total. The summed E-state index contributed by atoms with van der Waals surface area (Å²) in [5.74, 6) is 0.406. The summed E-state index contributed by atoms with van der Waals surface area (Å²) in [6, 6.07) is 5.63. The molecule has 1 fully saturated rings. The van der Waals surface area contributed by atoms with E-state index in [0.29, 0.717) is 18.1 Å². The average molecular weight is 310 g/mol. The fourth-order valence-electron chi connectivity index (χ4n) is 2.90. The number of hydrogen-bond acceptors (Lipinski definition) is 4. The Morgan fingerprint density at radius 3 is 3.00 bits per heavy atom. The van der Waals surface area contributed by atoms with Crippen LogP contribution in [0.1, 0.15) is 47.5 Å². The maximum atomic E-state index is 11.9. The van der Waals surface area contributed by atoms with Crippen LogP contribution in [0.3, 0.4) is 0 Å². The van der Waals surface area contributed by atoms with Gasteiger partial charge in [0.15, 0.2) is 0 Å². The molecule has 5 heteroatoms. The number of furan rings is 1. The van der Waals surface area contributed by atoms with Gasteiger partial charge in [-0.3, -0.25) is 0 Å². The zero-order valence-corrected chi connectivity index (χ0v) is 13.2. The second-order valence-electron chi connectivity index (χ2n) is 5.95. The Morgan fingerprint density at radius 2 is 2.26 bits per heavy atom. The fourth-order valence-corrected chi connectivity index (χ4v) is 2.90. The van der Waals surface area contributed by atoms with Crippen molar-refractivity contribution in [1.82, 2.24) is 9.55 Å². The van der Waals surface area contributed by atoms with Crippen molar-refractivity contribution in [3.8, 4) is 5.69 Å². The molecule has 1 aliphatic carbocycles. The number of rotatable bonds is 4. The van der Waals surface area contributed by atoms with Crippen molar-refractivity contribution in [3.05, 3.63) is 47.7 Å². The maximum absolute atomic E-state index is 11.9. The Bertz CT molecular complexity index is 887. The Labute approximate surface area is 133 Å². The molecule has 3 aromatic rings. The molecule has 1 aliphatic rings. The highest BCUT2D eigenvalue weighted by Crippen LogP contribution is 2.39. The lowest BCUT2D eigenvalue weighted by Gasteiger charge is -2.07. The summed E-state index contributed by atoms with van der Waals surface area (Å²) >= 11 is 0. The Hall–Kier alpha value is -2.56. The van der Waals surface area contributed by atoms with Crippen LogP contribution in [-0.2, 0) is 4.74 Å². The summed E-state index contributed by atoms with van der Waals surface area (Å²) in [6.45, 7) is 4.15. The van der Waals surface area contributed by atoms with E-state index in [2.05, 4.69) is 11.2 Å². The summed E-state index contributed by atoms with van der Waals surface area (Å²) in [5.41, 5.74) is 3.92. The lowest BCUT2D eigenvalue weighted by molar-refractivity contribution is 0.0492. The van der Waals surface area contributed by atoms with E-state index >= 15 is 0 Å². The van der Waals surface area contributed by atoms with Crippen molar-refractivity contribution < 1.29 is 13.9 Å². The summed E-state index contributed by atoms with van der Waals surface area (Å²) in [6.07, 6.45) is 6.36. The quantitative estimate of drug-likeness (QED) is 0.684. The first kappa shape index (κ1) is 14.1. The molecule has 0 saturated heterocycles. The molecule has 0 radical (unpaired) electrons. The predicted molar refractivity (Wildman–Crippen MR) is 86.0 cm³/mol. The largest absolute Gasteiger partial charge is 0.460 e. The number of aryl methyl sites for hydroxylation is 1. The van der Waals surface area contributed by atoms with Crippen molar-refractivity contribution in [2.24, 2.45) is 0 Å². The van der Waals surface area contributed by atoms with Gasteiger partial charge in [0, 0.05) is 23.6 Å². The van der Waals surface area contributed by atoms with Gasteiger partial charge in [0.1, 0.15) is 5.58 Å². The smallest absolute Gasteiger partial charge is 0.374 e. The lowest BCUT2D eigenvalue weighted by atomic mass is 10.1. The van der Waals surface area contributed by atoms with Crippen LogP contribution in [0.5, 0.6) is 0 Å². The normalized spacial score (nSPS) is 14.3. The van der Waals surface area contributed by atoms with Crippen molar-refractivity contribution in [1.29, 1.82) is 0 Å². The second-order valence-corrected chi connectivity index (χ2v) is 5.95. The summed E-state index contributed by atoms with van der Waals surface area (Å²) in [5, 5.41) is 0.896. The molecule has 118 valence electrons. The lowest BCUT2D eigenvalue weighted by Crippen LogP contribution is -2.02. The number of nitrogens with zero attached hydrogens (tertiary/aromatic N) is 2. The number of ether oxygens (including phenoxy) is 1. The minimum absolute atomic E-state index is 0.233. The molecule has 0 unspecified atom stereocenters. The third-order valence-electron chi connectivity index (χ3n) is 4.21. The Kier molecular flexibility index (Phi) is 3.22. The average Bonchev–Trinajstić information content (AvgIpc) is 3.11. The molecule has 2 heterocycles. The van der Waals surface area contributed by atoms with Gasteiger partial charge in [-0.05, 0) is 38.3 Å². The van der Waals surface area contributed by atoms with Gasteiger partial charge in [-0.2, -0.15) is 0 Å². The summed E-state index contributed by atoms with van der Waals surface area (Å²) < 4.78 is 12.7. The first-order valence-electron chi connectivity index (χ1n) is 7.92. The maximum Gasteiger partial charge on any atom is 0.374 e. The van der Waals surface area contributed by atoms with Gasteiger partial charge in [-0.25, -0.2) is 9.78 Å². The van der Waals surface area contributed by atoms with Crippen LogP contribution in [0.25, 0.3) is 16.7 Å². The molecule has 0 bridgehead atoms. The highest BCUT2D eigenvalue weighted by Gasteiger charge is 2.26. The molecule has 0 spiro atoms. The van der Waals surface area contributed by atoms with Crippen LogP contribution >= 0.6 is 0 Å². The topological polar surface area (TPSA) is 57.3 Å². The molecular weight excluding hydrogens is 292 g/mol. The third kappa shape index (κ3) is 2.42. The zero-order chi connectivity index (χ0) is 16.0. The van der Waals surface area contributed by atoms with Crippen LogP contribution in [0.2, 0.25) is 0 Å². The fraction of sp³-hybridized carbons (Fsp3) is 0.333. The van der Waals surface area contributed by atoms with Crippen molar-refractivity contribution in [3.63, 3.8) is 0 Å². The molecule has 23 heavy (non-hydrogen) atoms. The minimum atomic E-state index is -0.434. The van der Waals surface area contributed by atoms with Crippen LogP contribution in [-0.4, -0.2) is 22.1 Å². The minimum Gasteiger partial charge on any atom is -0.460 e. The van der Waals surface area contributed by atoms with E-state index in [1.54, 1.807) is 13.0 Å². The van der Waals surface area contributed by atoms with Gasteiger partial charge in [0.25, 0.3) is 0 Å². The highest BCUT2D eigenvalue weighted by atomic mass is 16.5. The number of carbonyl (C=O) groups is 1. The van der Waals surface area contributed by atoms with Gasteiger partial charge < -0.3 is 13.7 Å². The molecule has 0 atom stereocenters. The Balaban J connectivity index is 1.83. The molecule has 0 aliphatic heterocycles. The van der Waals surface area contributed by atoms with Crippen molar-refractivity contribution >= 4 is 16.9 Å². The SMILES string of the molecule is CCOC(=O)c1cc2c(-n3cnc(C4CC4)c3)c(C)ccc2o1. The molecule has 0 amide bonds. The van der Waals surface area contributed by atoms with Crippen LogP contribution < -0.4 is 0 Å². The van der Waals surface area contributed by atoms with E-state index in [1.165, 1.54) is 12.8 Å². The molecule has 2 aromatic heterocycles. The number of benzene rings is 1. The van der Waals surface area contributed by atoms with Crippen LogP contribution in [0.4, 0.5) is 0 Å². The highest BCUT2D eigenvalue weighted by molar-refractivity contribution is 5.96. The number of esters is 1. The van der Waals surface area contributed by atoms with Gasteiger partial charge in [0.05, 0.1) is 24.3 Å². The molecule has 1 aromatic carbocycles. The van der Waals surface area contributed by atoms with Crippen LogP contribution in [0.15, 0.2) is 35.1 Å². The molecular formula is C18H18N2O3. The van der Waals surface area contributed by atoms with Crippen molar-refractivity contribution in [2.75, 3.05) is 6.61 Å². The standard InChI is InChI=1S/C18H18N2O3/c1-3-22-18(21)16-8-13-15(23-16)7-4-11(2)17(13)20-9-14(19-10-20)12-5-6-12/h4,7-10,12H,3,5-6H2,1-2H3. The monoisotopic (exact) mass is 310 g/mol. The third-order valence-corrected chi connectivity index (χ3v) is 4.21. The Morgan fingerprint density at radius 1 is 1.43 bits per heavy atom. The summed E-state index contributed by atoms with van der Waals surface area (Å²) in [7, 11) is 0. The van der Waals surface area contributed by atoms with Crippen LogP contribution in [0, 0.1) is 6.92 Å². The first-order chi connectivity index (χ1) is 11.2. The second kappa shape index (κ2) is 5.26. The van der Waals surface area contributed by atoms with Gasteiger partial charge in [0.2, 0.25) is 5.76 Å². The summed E-state index contributed by atoms with van der Waals surface area (Å²) in [4.78, 5) is 16.4. The first-order valence-corrected chi connectivity index (χ1v) is 7.92. The van der Waals surface area contributed by atoms with Gasteiger partial charge >= 0.3 is 5.97 Å². The van der Waals surface area contributed by atoms with E-state index in [1.807, 2.05) is 30.0 Å². The van der Waals surface area contributed by atoms with E-state index in [4.69, 9.17) is 9.15 Å². The van der Waals surface area contributed by atoms with E-state index in [-0.39, 0.29) is 5.76 Å². The number of aromatic nitrogens is 2. The zero-order valence-electron chi connectivity index (χ0n) is 13.2. The molecule has 1 saturated carbocycles. The number of hydrogen-bond donors (Lipinski definition) is 0. The van der Waals surface area contributed by atoms with E-state index in [9.17, 15) is 4.79 Å². The van der Waals surface area contributed by atoms with E-state index < -0.39 is 5.97 Å². The number of carbonyl (C=O) groups excluding carboxylic acids is 1. The van der Waals surface area contributed by atoms with Crippen molar-refractivity contribution in [2.45, 2.75) is 32.6 Å².